The molecule has 0 aliphatic rings. The van der Waals surface area contributed by atoms with Crippen molar-refractivity contribution >= 4 is 27.0 Å². The summed E-state index contributed by atoms with van der Waals surface area (Å²) in [6.45, 7) is 1.77. The molecule has 0 bridgehead atoms. The van der Waals surface area contributed by atoms with Gasteiger partial charge in [0.2, 0.25) is 0 Å². The van der Waals surface area contributed by atoms with Crippen LogP contribution in [-0.4, -0.2) is 8.42 Å². The van der Waals surface area contributed by atoms with Gasteiger partial charge in [0.15, 0.2) is 0 Å². The quantitative estimate of drug-likeness (QED) is 0.932. The average molecular weight is 271 g/mol. The predicted octanol–water partition coefficient (Wildman–Crippen LogP) is 3.00. The van der Waals surface area contributed by atoms with Crippen LogP contribution in [0, 0.1) is 12.7 Å². The number of anilines is 1. The molecule has 1 aromatic carbocycles. The van der Waals surface area contributed by atoms with Crippen LogP contribution in [-0.2, 0) is 10.0 Å². The van der Waals surface area contributed by atoms with Crippen LogP contribution in [0.2, 0.25) is 0 Å². The maximum Gasteiger partial charge on any atom is 0.271 e. The van der Waals surface area contributed by atoms with Crippen LogP contribution in [0.4, 0.5) is 10.1 Å². The van der Waals surface area contributed by atoms with E-state index in [-0.39, 0.29) is 9.90 Å². The van der Waals surface area contributed by atoms with Gasteiger partial charge < -0.3 is 0 Å². The molecule has 0 aliphatic carbocycles. The van der Waals surface area contributed by atoms with Crippen LogP contribution in [0.3, 0.4) is 0 Å². The molecule has 1 heterocycles. The monoisotopic (exact) mass is 271 g/mol. The third-order valence-electron chi connectivity index (χ3n) is 2.13. The molecule has 6 heteroatoms. The highest BCUT2D eigenvalue weighted by Crippen LogP contribution is 2.22. The normalized spacial score (nSPS) is 11.4. The zero-order valence-electron chi connectivity index (χ0n) is 8.98. The average Bonchev–Trinajstić information content (AvgIpc) is 2.77. The summed E-state index contributed by atoms with van der Waals surface area (Å²) in [5, 5.41) is 1.65. The second-order valence-electron chi connectivity index (χ2n) is 3.52. The molecule has 1 N–H and O–H groups in total. The Balaban J connectivity index is 2.36. The van der Waals surface area contributed by atoms with Crippen LogP contribution < -0.4 is 4.72 Å². The largest absolute Gasteiger partial charge is 0.276 e. The summed E-state index contributed by atoms with van der Waals surface area (Å²) < 4.78 is 39.5. The van der Waals surface area contributed by atoms with Crippen LogP contribution in [0.15, 0.2) is 39.9 Å². The molecule has 0 atom stereocenters. The first-order valence-corrected chi connectivity index (χ1v) is 7.18. The summed E-state index contributed by atoms with van der Waals surface area (Å²) >= 11 is 1.09. The minimum absolute atomic E-state index is 0.0293. The Morgan fingerprint density at radius 2 is 2.06 bits per heavy atom. The highest BCUT2D eigenvalue weighted by molar-refractivity contribution is 7.94. The Morgan fingerprint density at radius 3 is 2.71 bits per heavy atom. The molecule has 2 aromatic rings. The van der Waals surface area contributed by atoms with E-state index in [1.807, 2.05) is 0 Å². The van der Waals surface area contributed by atoms with Crippen LogP contribution in [0.1, 0.15) is 5.56 Å². The van der Waals surface area contributed by atoms with E-state index in [4.69, 9.17) is 0 Å². The fourth-order valence-corrected chi connectivity index (χ4v) is 3.38. The number of sulfonamides is 1. The molecule has 0 fully saturated rings. The molecule has 0 unspecified atom stereocenters. The fourth-order valence-electron chi connectivity index (χ4n) is 1.33. The molecular weight excluding hydrogens is 261 g/mol. The number of hydrogen-bond donors (Lipinski definition) is 1. The molecule has 0 radical (unpaired) electrons. The third kappa shape index (κ3) is 2.65. The smallest absolute Gasteiger partial charge is 0.271 e. The molecule has 0 spiro atoms. The van der Waals surface area contributed by atoms with Crippen molar-refractivity contribution in [3.05, 3.63) is 47.1 Å². The molecule has 0 aliphatic heterocycles. The van der Waals surface area contributed by atoms with Crippen LogP contribution >= 0.6 is 11.3 Å². The van der Waals surface area contributed by atoms with Gasteiger partial charge in [-0.25, -0.2) is 12.8 Å². The summed E-state index contributed by atoms with van der Waals surface area (Å²) in [6.07, 6.45) is 0. The number of rotatable bonds is 3. The van der Waals surface area contributed by atoms with Gasteiger partial charge in [-0.05, 0) is 36.1 Å². The number of halogens is 1. The highest BCUT2D eigenvalue weighted by Gasteiger charge is 2.16. The highest BCUT2D eigenvalue weighted by atomic mass is 32.2. The number of aryl methyl sites for hydroxylation is 1. The molecule has 0 saturated carbocycles. The van der Waals surface area contributed by atoms with Crippen molar-refractivity contribution in [1.29, 1.82) is 0 Å². The molecule has 17 heavy (non-hydrogen) atoms. The van der Waals surface area contributed by atoms with Gasteiger partial charge in [0.25, 0.3) is 10.0 Å². The number of hydrogen-bond acceptors (Lipinski definition) is 3. The van der Waals surface area contributed by atoms with Crippen LogP contribution in [0.25, 0.3) is 0 Å². The van der Waals surface area contributed by atoms with E-state index in [2.05, 4.69) is 4.72 Å². The first-order chi connectivity index (χ1) is 7.99. The van der Waals surface area contributed by atoms with Gasteiger partial charge in [0, 0.05) is 0 Å². The van der Waals surface area contributed by atoms with Gasteiger partial charge in [-0.15, -0.1) is 11.3 Å². The fraction of sp³-hybridized carbons (Fsp3) is 0.0909. The molecule has 90 valence electrons. The first kappa shape index (κ1) is 12.1. The van der Waals surface area contributed by atoms with Gasteiger partial charge in [0.05, 0.1) is 5.69 Å². The Kier molecular flexibility index (Phi) is 3.17. The van der Waals surface area contributed by atoms with E-state index < -0.39 is 15.8 Å². The third-order valence-corrected chi connectivity index (χ3v) is 4.89. The van der Waals surface area contributed by atoms with Crippen molar-refractivity contribution in [3.63, 3.8) is 0 Å². The molecule has 1 aromatic heterocycles. The van der Waals surface area contributed by atoms with Gasteiger partial charge in [-0.3, -0.25) is 4.72 Å². The number of nitrogens with one attached hydrogen (secondary N) is 1. The van der Waals surface area contributed by atoms with Crippen molar-refractivity contribution in [3.8, 4) is 0 Å². The van der Waals surface area contributed by atoms with Gasteiger partial charge >= 0.3 is 0 Å². The minimum Gasteiger partial charge on any atom is -0.276 e. The van der Waals surface area contributed by atoms with E-state index in [0.717, 1.165) is 16.9 Å². The topological polar surface area (TPSA) is 46.2 Å². The molecule has 0 saturated heterocycles. The Hall–Kier alpha value is -1.40. The zero-order valence-corrected chi connectivity index (χ0v) is 10.6. The van der Waals surface area contributed by atoms with Crippen molar-refractivity contribution in [2.45, 2.75) is 11.1 Å². The van der Waals surface area contributed by atoms with Gasteiger partial charge in [0.1, 0.15) is 10.0 Å². The molecule has 0 amide bonds. The zero-order chi connectivity index (χ0) is 12.5. The SMILES string of the molecule is Cc1ccc(F)c(NS(=O)(=O)c2cccs2)c1. The first-order valence-electron chi connectivity index (χ1n) is 4.81. The van der Waals surface area contributed by atoms with Crippen molar-refractivity contribution in [1.82, 2.24) is 0 Å². The van der Waals surface area contributed by atoms with E-state index in [0.29, 0.717) is 0 Å². The molecule has 3 nitrogen and oxygen atoms in total. The Bertz CT molecular complexity index is 621. The summed E-state index contributed by atoms with van der Waals surface area (Å²) in [4.78, 5) is 0. The maximum atomic E-state index is 13.4. The van der Waals surface area contributed by atoms with Gasteiger partial charge in [-0.2, -0.15) is 0 Å². The van der Waals surface area contributed by atoms with E-state index in [1.165, 1.54) is 18.2 Å². The lowest BCUT2D eigenvalue weighted by atomic mass is 10.2. The summed E-state index contributed by atoms with van der Waals surface area (Å²) in [5.41, 5.74) is 0.758. The second-order valence-corrected chi connectivity index (χ2v) is 6.38. The predicted molar refractivity (Wildman–Crippen MR) is 66.3 cm³/mol. The van der Waals surface area contributed by atoms with Crippen molar-refractivity contribution < 1.29 is 12.8 Å². The lowest BCUT2D eigenvalue weighted by molar-refractivity contribution is 0.600. The summed E-state index contributed by atoms with van der Waals surface area (Å²) in [7, 11) is -3.68. The number of thiophene rings is 1. The van der Waals surface area contributed by atoms with E-state index >= 15 is 0 Å². The van der Waals surface area contributed by atoms with Crippen molar-refractivity contribution in [2.75, 3.05) is 4.72 Å². The lowest BCUT2D eigenvalue weighted by Crippen LogP contribution is -2.12. The summed E-state index contributed by atoms with van der Waals surface area (Å²) in [5.74, 6) is -0.587. The minimum atomic E-state index is -3.68. The van der Waals surface area contributed by atoms with Crippen molar-refractivity contribution in [2.24, 2.45) is 0 Å². The Morgan fingerprint density at radius 1 is 1.29 bits per heavy atom. The lowest BCUT2D eigenvalue weighted by Gasteiger charge is -2.07. The number of benzene rings is 1. The van der Waals surface area contributed by atoms with E-state index in [9.17, 15) is 12.8 Å². The molecule has 2 rings (SSSR count). The van der Waals surface area contributed by atoms with E-state index in [1.54, 1.807) is 24.4 Å². The standard InChI is InChI=1S/C11H10FNO2S2/c1-8-4-5-9(12)10(7-8)13-17(14,15)11-3-2-6-16-11/h2-7,13H,1H3. The summed E-state index contributed by atoms with van der Waals surface area (Å²) in [6, 6.07) is 7.38. The second kappa shape index (κ2) is 4.46. The molecular formula is C11H10FNO2S2. The van der Waals surface area contributed by atoms with Crippen LogP contribution in [0.5, 0.6) is 0 Å². The van der Waals surface area contributed by atoms with Gasteiger partial charge in [-0.1, -0.05) is 12.1 Å². The maximum absolute atomic E-state index is 13.4. The Labute approximate surface area is 103 Å².